The van der Waals surface area contributed by atoms with Gasteiger partial charge in [-0.1, -0.05) is 25.4 Å². The second kappa shape index (κ2) is 5.43. The second-order valence-electron chi connectivity index (χ2n) is 4.74. The maximum absolute atomic E-state index is 8.85. The Morgan fingerprint density at radius 2 is 2.16 bits per heavy atom. The molecule has 4 nitrogen and oxygen atoms in total. The Kier molecular flexibility index (Phi) is 3.89. The van der Waals surface area contributed by atoms with Crippen molar-refractivity contribution in [1.29, 1.82) is 5.26 Å². The zero-order chi connectivity index (χ0) is 14.0. The van der Waals surface area contributed by atoms with Crippen molar-refractivity contribution >= 4 is 11.6 Å². The van der Waals surface area contributed by atoms with Gasteiger partial charge in [0.25, 0.3) is 0 Å². The summed E-state index contributed by atoms with van der Waals surface area (Å²) in [7, 11) is 0. The van der Waals surface area contributed by atoms with Crippen molar-refractivity contribution in [3.63, 3.8) is 0 Å². The van der Waals surface area contributed by atoms with Crippen LogP contribution in [-0.2, 0) is 0 Å². The van der Waals surface area contributed by atoms with Crippen molar-refractivity contribution in [2.24, 2.45) is 11.7 Å². The minimum Gasteiger partial charge on any atom is -0.322 e. The van der Waals surface area contributed by atoms with Crippen molar-refractivity contribution in [2.75, 3.05) is 0 Å². The number of nitrogens with two attached hydrogens (primary N) is 1. The van der Waals surface area contributed by atoms with Gasteiger partial charge in [0, 0.05) is 6.04 Å². The fourth-order valence-electron chi connectivity index (χ4n) is 1.87. The number of halogens is 1. The maximum Gasteiger partial charge on any atom is 0.0995 e. The third-order valence-electron chi connectivity index (χ3n) is 3.06. The van der Waals surface area contributed by atoms with Crippen molar-refractivity contribution in [1.82, 2.24) is 9.55 Å². The van der Waals surface area contributed by atoms with Gasteiger partial charge in [-0.15, -0.1) is 0 Å². The maximum atomic E-state index is 8.85. The van der Waals surface area contributed by atoms with Gasteiger partial charge in [-0.2, -0.15) is 5.26 Å². The minimum absolute atomic E-state index is 0.116. The minimum atomic E-state index is -0.116. The summed E-state index contributed by atoms with van der Waals surface area (Å²) in [5.74, 6) is 0.299. The highest BCUT2D eigenvalue weighted by Crippen LogP contribution is 2.26. The molecule has 0 fully saturated rings. The van der Waals surface area contributed by atoms with Gasteiger partial charge in [-0.25, -0.2) is 4.98 Å². The van der Waals surface area contributed by atoms with Crippen LogP contribution >= 0.6 is 11.6 Å². The predicted molar refractivity (Wildman–Crippen MR) is 75.1 cm³/mol. The van der Waals surface area contributed by atoms with Gasteiger partial charge in [-0.05, 0) is 24.1 Å². The summed E-state index contributed by atoms with van der Waals surface area (Å²) in [6.07, 6.45) is 3.43. The standard InChI is InChI=1S/C14H15ClN4/c1-9(2)14(17)13-7-18-8-19(13)12-4-3-10(6-16)5-11(12)15/h3-5,7-9,14H,17H2,1-2H3. The van der Waals surface area contributed by atoms with E-state index in [1.165, 1.54) is 0 Å². The molecule has 1 aromatic carbocycles. The van der Waals surface area contributed by atoms with Crippen molar-refractivity contribution < 1.29 is 0 Å². The van der Waals surface area contributed by atoms with Crippen LogP contribution < -0.4 is 5.73 Å². The van der Waals surface area contributed by atoms with E-state index in [9.17, 15) is 0 Å². The Labute approximate surface area is 117 Å². The van der Waals surface area contributed by atoms with E-state index in [4.69, 9.17) is 22.6 Å². The summed E-state index contributed by atoms with van der Waals surface area (Å²) >= 11 is 6.22. The molecule has 0 amide bonds. The van der Waals surface area contributed by atoms with Gasteiger partial charge in [0.2, 0.25) is 0 Å². The smallest absolute Gasteiger partial charge is 0.0995 e. The van der Waals surface area contributed by atoms with Gasteiger partial charge in [0.05, 0.1) is 40.6 Å². The Morgan fingerprint density at radius 1 is 1.42 bits per heavy atom. The summed E-state index contributed by atoms with van der Waals surface area (Å²) in [6.45, 7) is 4.12. The average Bonchev–Trinajstić information content (AvgIpc) is 2.86. The number of benzene rings is 1. The molecule has 5 heteroatoms. The van der Waals surface area contributed by atoms with Crippen LogP contribution in [0.1, 0.15) is 31.1 Å². The molecule has 1 heterocycles. The first-order valence-electron chi connectivity index (χ1n) is 6.02. The van der Waals surface area contributed by atoms with E-state index >= 15 is 0 Å². The first-order chi connectivity index (χ1) is 9.04. The van der Waals surface area contributed by atoms with Crippen LogP contribution in [-0.4, -0.2) is 9.55 Å². The van der Waals surface area contributed by atoms with Gasteiger partial charge >= 0.3 is 0 Å². The van der Waals surface area contributed by atoms with Crippen LogP contribution in [0.4, 0.5) is 0 Å². The van der Waals surface area contributed by atoms with E-state index in [0.29, 0.717) is 16.5 Å². The second-order valence-corrected chi connectivity index (χ2v) is 5.14. The fourth-order valence-corrected chi connectivity index (χ4v) is 2.14. The molecule has 1 unspecified atom stereocenters. The molecule has 0 aliphatic rings. The number of aromatic nitrogens is 2. The number of nitrogens with zero attached hydrogens (tertiary/aromatic N) is 3. The molecular weight excluding hydrogens is 260 g/mol. The predicted octanol–water partition coefficient (Wildman–Crippen LogP) is 3.05. The van der Waals surface area contributed by atoms with E-state index in [1.807, 2.05) is 4.57 Å². The molecule has 1 atom stereocenters. The van der Waals surface area contributed by atoms with Crippen molar-refractivity contribution in [3.05, 3.63) is 47.0 Å². The van der Waals surface area contributed by atoms with Crippen LogP contribution in [0.2, 0.25) is 5.02 Å². The normalized spacial score (nSPS) is 12.4. The molecule has 0 aliphatic carbocycles. The molecule has 0 aliphatic heterocycles. The van der Waals surface area contributed by atoms with E-state index in [0.717, 1.165) is 11.4 Å². The highest BCUT2D eigenvalue weighted by atomic mass is 35.5. The molecule has 2 N–H and O–H groups in total. The van der Waals surface area contributed by atoms with Crippen LogP contribution in [0.25, 0.3) is 5.69 Å². The molecule has 1 aromatic heterocycles. The molecule has 0 spiro atoms. The third kappa shape index (κ3) is 2.62. The van der Waals surface area contributed by atoms with E-state index < -0.39 is 0 Å². The Morgan fingerprint density at radius 3 is 2.74 bits per heavy atom. The summed E-state index contributed by atoms with van der Waals surface area (Å²) in [4.78, 5) is 4.14. The summed E-state index contributed by atoms with van der Waals surface area (Å²) in [6, 6.07) is 7.12. The molecule has 0 saturated heterocycles. The van der Waals surface area contributed by atoms with Crippen molar-refractivity contribution in [2.45, 2.75) is 19.9 Å². The lowest BCUT2D eigenvalue weighted by Crippen LogP contribution is -2.20. The molecule has 0 radical (unpaired) electrons. The average molecular weight is 275 g/mol. The van der Waals surface area contributed by atoms with E-state index in [1.54, 1.807) is 30.7 Å². The number of hydrogen-bond acceptors (Lipinski definition) is 3. The molecular formula is C14H15ClN4. The molecule has 0 saturated carbocycles. The molecule has 0 bridgehead atoms. The number of nitriles is 1. The first kappa shape index (κ1) is 13.6. The summed E-state index contributed by atoms with van der Waals surface area (Å²) in [5, 5.41) is 9.36. The third-order valence-corrected chi connectivity index (χ3v) is 3.37. The largest absolute Gasteiger partial charge is 0.322 e. The Hall–Kier alpha value is -1.83. The van der Waals surface area contributed by atoms with Crippen LogP contribution in [0.5, 0.6) is 0 Å². The zero-order valence-corrected chi connectivity index (χ0v) is 11.6. The fraction of sp³-hybridized carbons (Fsp3) is 0.286. The highest BCUT2D eigenvalue weighted by Gasteiger charge is 2.17. The number of rotatable bonds is 3. The van der Waals surface area contributed by atoms with Gasteiger partial charge in [0.1, 0.15) is 0 Å². The number of hydrogen-bond donors (Lipinski definition) is 1. The molecule has 2 rings (SSSR count). The van der Waals surface area contributed by atoms with Crippen LogP contribution in [0, 0.1) is 17.2 Å². The zero-order valence-electron chi connectivity index (χ0n) is 10.8. The number of imidazole rings is 1. The highest BCUT2D eigenvalue weighted by molar-refractivity contribution is 6.32. The Balaban J connectivity index is 2.49. The SMILES string of the molecule is CC(C)C(N)c1cncn1-c1ccc(C#N)cc1Cl. The van der Waals surface area contributed by atoms with Gasteiger partial charge in [-0.3, -0.25) is 0 Å². The van der Waals surface area contributed by atoms with Crippen LogP contribution in [0.3, 0.4) is 0 Å². The Bertz CT molecular complexity index is 625. The van der Waals surface area contributed by atoms with E-state index in [2.05, 4.69) is 24.9 Å². The first-order valence-corrected chi connectivity index (χ1v) is 6.40. The molecule has 98 valence electrons. The van der Waals surface area contributed by atoms with Gasteiger partial charge < -0.3 is 10.3 Å². The quantitative estimate of drug-likeness (QED) is 0.935. The lowest BCUT2D eigenvalue weighted by Gasteiger charge is -2.18. The van der Waals surface area contributed by atoms with E-state index in [-0.39, 0.29) is 6.04 Å². The summed E-state index contributed by atoms with van der Waals surface area (Å²) in [5.41, 5.74) is 8.39. The van der Waals surface area contributed by atoms with Crippen LogP contribution in [0.15, 0.2) is 30.7 Å². The lowest BCUT2D eigenvalue weighted by molar-refractivity contribution is 0.497. The monoisotopic (exact) mass is 274 g/mol. The topological polar surface area (TPSA) is 67.6 Å². The lowest BCUT2D eigenvalue weighted by atomic mass is 10.0. The molecule has 19 heavy (non-hydrogen) atoms. The molecule has 2 aromatic rings. The van der Waals surface area contributed by atoms with Crippen molar-refractivity contribution in [3.8, 4) is 11.8 Å². The van der Waals surface area contributed by atoms with Gasteiger partial charge in [0.15, 0.2) is 0 Å². The summed E-state index contributed by atoms with van der Waals surface area (Å²) < 4.78 is 1.87.